The van der Waals surface area contributed by atoms with Gasteiger partial charge in [0, 0.05) is 11.0 Å². The highest BCUT2D eigenvalue weighted by atomic mass is 79.9. The first kappa shape index (κ1) is 13.6. The van der Waals surface area contributed by atoms with Gasteiger partial charge in [-0.3, -0.25) is 0 Å². The molecular weight excluding hydrogens is 307 g/mol. The van der Waals surface area contributed by atoms with E-state index in [2.05, 4.69) is 27.3 Å². The summed E-state index contributed by atoms with van der Waals surface area (Å²) in [6.07, 6.45) is 0. The molecule has 0 aliphatic rings. The lowest BCUT2D eigenvalue weighted by atomic mass is 10.0. The van der Waals surface area contributed by atoms with Crippen LogP contribution in [0.25, 0.3) is 0 Å². The number of nitriles is 1. The average molecular weight is 319 g/mol. The van der Waals surface area contributed by atoms with E-state index in [1.165, 1.54) is 12.1 Å². The maximum absolute atomic E-state index is 13.2. The van der Waals surface area contributed by atoms with E-state index in [1.807, 2.05) is 30.3 Å². The van der Waals surface area contributed by atoms with Gasteiger partial charge in [-0.05, 0) is 39.7 Å². The Morgan fingerprint density at radius 1 is 1.21 bits per heavy atom. The maximum atomic E-state index is 13.2. The lowest BCUT2D eigenvalue weighted by Crippen LogP contribution is -2.11. The molecule has 4 heteroatoms. The molecule has 0 aromatic heterocycles. The molecule has 0 bridgehead atoms. The quantitative estimate of drug-likeness (QED) is 0.911. The number of nitrogens with one attached hydrogen (secondary N) is 1. The van der Waals surface area contributed by atoms with Crippen LogP contribution in [0.1, 0.15) is 11.5 Å². The molecule has 1 unspecified atom stereocenters. The summed E-state index contributed by atoms with van der Waals surface area (Å²) >= 11 is 3.35. The normalized spacial score (nSPS) is 11.6. The summed E-state index contributed by atoms with van der Waals surface area (Å²) in [4.78, 5) is 0. The molecule has 0 amide bonds. The van der Waals surface area contributed by atoms with Crippen molar-refractivity contribution in [2.45, 2.75) is 5.92 Å². The summed E-state index contributed by atoms with van der Waals surface area (Å²) in [6.45, 7) is 0.433. The number of benzene rings is 2. The number of nitrogens with zero attached hydrogens (tertiary/aromatic N) is 1. The minimum Gasteiger partial charge on any atom is -0.382 e. The van der Waals surface area contributed by atoms with Gasteiger partial charge in [-0.15, -0.1) is 0 Å². The third-order valence-corrected chi connectivity index (χ3v) is 3.47. The largest absolute Gasteiger partial charge is 0.382 e. The fourth-order valence-electron chi connectivity index (χ4n) is 1.77. The Balaban J connectivity index is 2.09. The van der Waals surface area contributed by atoms with E-state index in [-0.39, 0.29) is 11.7 Å². The second kappa shape index (κ2) is 6.35. The van der Waals surface area contributed by atoms with Crippen LogP contribution in [0, 0.1) is 17.1 Å². The van der Waals surface area contributed by atoms with Crippen LogP contribution in [0.15, 0.2) is 53.0 Å². The molecule has 96 valence electrons. The smallest absolute Gasteiger partial charge is 0.125 e. The van der Waals surface area contributed by atoms with Crippen molar-refractivity contribution in [3.05, 3.63) is 64.4 Å². The van der Waals surface area contributed by atoms with Crippen LogP contribution >= 0.6 is 15.9 Å². The van der Waals surface area contributed by atoms with Crippen molar-refractivity contribution in [3.63, 3.8) is 0 Å². The van der Waals surface area contributed by atoms with E-state index in [0.717, 1.165) is 10.0 Å². The van der Waals surface area contributed by atoms with Crippen molar-refractivity contribution < 1.29 is 4.39 Å². The molecule has 2 aromatic rings. The topological polar surface area (TPSA) is 35.8 Å². The number of hydrogen-bond acceptors (Lipinski definition) is 2. The van der Waals surface area contributed by atoms with Gasteiger partial charge < -0.3 is 5.32 Å². The maximum Gasteiger partial charge on any atom is 0.125 e. The van der Waals surface area contributed by atoms with Crippen molar-refractivity contribution in [3.8, 4) is 6.07 Å². The Labute approximate surface area is 120 Å². The third kappa shape index (κ3) is 3.55. The Morgan fingerprint density at radius 2 is 1.95 bits per heavy atom. The highest BCUT2D eigenvalue weighted by molar-refractivity contribution is 9.10. The lowest BCUT2D eigenvalue weighted by molar-refractivity contribution is 0.628. The van der Waals surface area contributed by atoms with Crippen molar-refractivity contribution in [2.75, 3.05) is 11.9 Å². The molecule has 0 heterocycles. The average Bonchev–Trinajstić information content (AvgIpc) is 2.44. The molecule has 2 aromatic carbocycles. The van der Waals surface area contributed by atoms with Crippen LogP contribution in [0.5, 0.6) is 0 Å². The standard InChI is InChI=1S/C15H12BrFN2/c16-14-7-6-13(17)8-15(14)19-10-12(9-18)11-4-2-1-3-5-11/h1-8,12,19H,10H2. The first-order chi connectivity index (χ1) is 9.20. The van der Waals surface area contributed by atoms with E-state index < -0.39 is 0 Å². The van der Waals surface area contributed by atoms with Gasteiger partial charge in [0.1, 0.15) is 5.82 Å². The zero-order valence-corrected chi connectivity index (χ0v) is 11.7. The van der Waals surface area contributed by atoms with Crippen molar-refractivity contribution in [1.82, 2.24) is 0 Å². The lowest BCUT2D eigenvalue weighted by Gasteiger charge is -2.13. The highest BCUT2D eigenvalue weighted by Gasteiger charge is 2.10. The molecular formula is C15H12BrFN2. The molecule has 0 aliphatic heterocycles. The van der Waals surface area contributed by atoms with Crippen LogP contribution in [-0.4, -0.2) is 6.54 Å². The minimum absolute atomic E-state index is 0.267. The Kier molecular flexibility index (Phi) is 4.53. The van der Waals surface area contributed by atoms with Crippen molar-refractivity contribution in [1.29, 1.82) is 5.26 Å². The van der Waals surface area contributed by atoms with Gasteiger partial charge in [-0.25, -0.2) is 4.39 Å². The fourth-order valence-corrected chi connectivity index (χ4v) is 2.16. The number of hydrogen-bond donors (Lipinski definition) is 1. The summed E-state index contributed by atoms with van der Waals surface area (Å²) in [5, 5.41) is 12.3. The number of rotatable bonds is 4. The van der Waals surface area contributed by atoms with Gasteiger partial charge in [0.05, 0.1) is 17.7 Å². The van der Waals surface area contributed by atoms with Crippen molar-refractivity contribution >= 4 is 21.6 Å². The molecule has 1 N–H and O–H groups in total. The zero-order valence-electron chi connectivity index (χ0n) is 10.1. The molecule has 0 spiro atoms. The van der Waals surface area contributed by atoms with Gasteiger partial charge in [-0.1, -0.05) is 30.3 Å². The second-order valence-electron chi connectivity index (χ2n) is 4.10. The molecule has 2 rings (SSSR count). The Hall–Kier alpha value is -1.86. The van der Waals surface area contributed by atoms with Gasteiger partial charge in [0.2, 0.25) is 0 Å². The molecule has 19 heavy (non-hydrogen) atoms. The van der Waals surface area contributed by atoms with E-state index in [0.29, 0.717) is 12.2 Å². The number of halogens is 2. The predicted octanol–water partition coefficient (Wildman–Crippen LogP) is 4.31. The van der Waals surface area contributed by atoms with Crippen molar-refractivity contribution in [2.24, 2.45) is 0 Å². The summed E-state index contributed by atoms with van der Waals surface area (Å²) < 4.78 is 13.9. The molecule has 1 atom stereocenters. The Morgan fingerprint density at radius 3 is 2.63 bits per heavy atom. The van der Waals surface area contributed by atoms with E-state index in [1.54, 1.807) is 6.07 Å². The molecule has 0 saturated heterocycles. The van der Waals surface area contributed by atoms with Gasteiger partial charge in [0.15, 0.2) is 0 Å². The van der Waals surface area contributed by atoms with E-state index in [4.69, 9.17) is 0 Å². The molecule has 0 fully saturated rings. The van der Waals surface area contributed by atoms with Gasteiger partial charge in [0.25, 0.3) is 0 Å². The van der Waals surface area contributed by atoms with Crippen LogP contribution in [-0.2, 0) is 0 Å². The van der Waals surface area contributed by atoms with E-state index in [9.17, 15) is 9.65 Å². The molecule has 0 radical (unpaired) electrons. The first-order valence-corrected chi connectivity index (χ1v) is 6.63. The second-order valence-corrected chi connectivity index (χ2v) is 4.95. The fraction of sp³-hybridized carbons (Fsp3) is 0.133. The highest BCUT2D eigenvalue weighted by Crippen LogP contribution is 2.24. The van der Waals surface area contributed by atoms with Crippen LogP contribution in [0.3, 0.4) is 0 Å². The predicted molar refractivity (Wildman–Crippen MR) is 77.4 cm³/mol. The third-order valence-electron chi connectivity index (χ3n) is 2.78. The van der Waals surface area contributed by atoms with Crippen LogP contribution < -0.4 is 5.32 Å². The summed E-state index contributed by atoms with van der Waals surface area (Å²) in [7, 11) is 0. The molecule has 0 aliphatic carbocycles. The number of anilines is 1. The first-order valence-electron chi connectivity index (χ1n) is 5.84. The van der Waals surface area contributed by atoms with E-state index >= 15 is 0 Å². The molecule has 0 saturated carbocycles. The monoisotopic (exact) mass is 318 g/mol. The zero-order chi connectivity index (χ0) is 13.7. The summed E-state index contributed by atoms with van der Waals surface area (Å²) in [5.41, 5.74) is 1.60. The Bertz CT molecular complexity index is 593. The van der Waals surface area contributed by atoms with Crippen LogP contribution in [0.2, 0.25) is 0 Å². The molecule has 2 nitrogen and oxygen atoms in total. The van der Waals surface area contributed by atoms with Gasteiger partial charge in [-0.2, -0.15) is 5.26 Å². The summed E-state index contributed by atoms with van der Waals surface area (Å²) in [6, 6.07) is 16.2. The van der Waals surface area contributed by atoms with Crippen LogP contribution in [0.4, 0.5) is 10.1 Å². The SMILES string of the molecule is N#CC(CNc1cc(F)ccc1Br)c1ccccc1. The van der Waals surface area contributed by atoms with Gasteiger partial charge >= 0.3 is 0 Å². The summed E-state index contributed by atoms with van der Waals surface area (Å²) in [5.74, 6) is -0.574. The minimum atomic E-state index is -0.307.